The van der Waals surface area contributed by atoms with Gasteiger partial charge in [0.2, 0.25) is 11.8 Å². The summed E-state index contributed by atoms with van der Waals surface area (Å²) in [6, 6.07) is 15.9. The van der Waals surface area contributed by atoms with E-state index in [4.69, 9.17) is 14.2 Å². The summed E-state index contributed by atoms with van der Waals surface area (Å²) in [7, 11) is 0. The van der Waals surface area contributed by atoms with Gasteiger partial charge in [-0.3, -0.25) is 24.1 Å². The lowest BCUT2D eigenvalue weighted by Crippen LogP contribution is -2.42. The number of aromatic amines is 1. The third kappa shape index (κ3) is 6.48. The van der Waals surface area contributed by atoms with Gasteiger partial charge in [-0.25, -0.2) is 4.79 Å². The Hall–Kier alpha value is -5.09. The molecule has 4 aromatic rings. The van der Waals surface area contributed by atoms with Crippen LogP contribution in [0.4, 0.5) is 24.5 Å². The molecule has 3 aromatic carbocycles. The summed E-state index contributed by atoms with van der Waals surface area (Å²) < 4.78 is 56.3. The number of amides is 3. The number of thiazole rings is 1. The van der Waals surface area contributed by atoms with Gasteiger partial charge in [0.05, 0.1) is 46.9 Å². The third-order valence-corrected chi connectivity index (χ3v) is 13.4. The maximum absolute atomic E-state index is 14.2. The zero-order valence-corrected chi connectivity index (χ0v) is 31.0. The number of benzene rings is 3. The number of nitrogens with zero attached hydrogens (tertiary/aromatic N) is 1. The number of hydrogen-bond acceptors (Lipinski definition) is 10. The van der Waals surface area contributed by atoms with E-state index in [1.807, 2.05) is 6.07 Å². The average Bonchev–Trinajstić information content (AvgIpc) is 3.90. The molecule has 1 aromatic heterocycles. The first kappa shape index (κ1) is 36.9. The Morgan fingerprint density at radius 2 is 1.65 bits per heavy atom. The minimum Gasteiger partial charge on any atom is -0.490 e. The normalized spacial score (nSPS) is 25.0. The number of H-pyrrole nitrogens is 1. The highest BCUT2D eigenvalue weighted by Crippen LogP contribution is 2.69. The molecule has 0 radical (unpaired) electrons. The number of halogens is 3. The topological polar surface area (TPSA) is 144 Å². The number of thioether (sulfide) groups is 1. The molecule has 3 fully saturated rings. The molecule has 11 nitrogen and oxygen atoms in total. The second-order valence-electron chi connectivity index (χ2n) is 13.8. The first-order valence-corrected chi connectivity index (χ1v) is 19.5. The van der Waals surface area contributed by atoms with Gasteiger partial charge in [-0.05, 0) is 98.2 Å². The van der Waals surface area contributed by atoms with Crippen LogP contribution < -0.4 is 24.6 Å². The molecule has 16 heteroatoms. The lowest BCUT2D eigenvalue weighted by Gasteiger charge is -2.43. The molecular weight excluding hydrogens is 760 g/mol. The number of rotatable bonds is 10. The van der Waals surface area contributed by atoms with Crippen LogP contribution in [0.1, 0.15) is 52.5 Å². The number of alkyl halides is 3. The highest BCUT2D eigenvalue weighted by Gasteiger charge is 2.69. The molecule has 0 unspecified atom stereocenters. The van der Waals surface area contributed by atoms with Crippen LogP contribution in [-0.2, 0) is 25.3 Å². The Balaban J connectivity index is 1.06. The number of anilines is 2. The summed E-state index contributed by atoms with van der Waals surface area (Å²) in [6.07, 6.45) is -3.88. The van der Waals surface area contributed by atoms with E-state index < -0.39 is 42.1 Å². The number of carbonyl (C=O) groups is 4. The Bertz CT molecular complexity index is 2260. The standard InChI is InChI=1S/C39H34F3N3O8S2/c1-3-51-26-14-19(10-13-25(26)53-17-27(46)43-21-7-5-6-20(15-21)39(40,41)42)28-29-23-16-24(32(29)54-34-33(28)55-38(50)44-34)31-30(23)35(47)45(36(31)48)22-11-8-18(9-12-22)37(49)52-4-2/h5-15,23-24,28-32H,3-4,16-17H2,1-2H3,(H,43,46)(H,44,50)/t23-,24-,28+,29-,30+,31+,32-/m1/s1. The molecule has 55 heavy (non-hydrogen) atoms. The first-order chi connectivity index (χ1) is 26.4. The van der Waals surface area contributed by atoms with Gasteiger partial charge < -0.3 is 24.5 Å². The van der Waals surface area contributed by atoms with Gasteiger partial charge in [0, 0.05) is 21.7 Å². The Labute approximate surface area is 320 Å². The number of fused-ring (bicyclic) bond motifs is 9. The smallest absolute Gasteiger partial charge is 0.416 e. The van der Waals surface area contributed by atoms with Crippen molar-refractivity contribution < 1.29 is 46.6 Å². The quantitative estimate of drug-likeness (QED) is 0.132. The number of hydrogen-bond donors (Lipinski definition) is 2. The van der Waals surface area contributed by atoms with E-state index >= 15 is 0 Å². The predicted octanol–water partition coefficient (Wildman–Crippen LogP) is 6.73. The fraction of sp³-hybridized carbons (Fsp3) is 0.359. The fourth-order valence-corrected chi connectivity index (χ4v) is 11.7. The summed E-state index contributed by atoms with van der Waals surface area (Å²) in [5, 5.41) is 3.10. The summed E-state index contributed by atoms with van der Waals surface area (Å²) in [6.45, 7) is 3.47. The van der Waals surface area contributed by atoms with Crippen molar-refractivity contribution in [1.29, 1.82) is 0 Å². The van der Waals surface area contributed by atoms with Gasteiger partial charge in [-0.2, -0.15) is 13.2 Å². The monoisotopic (exact) mass is 793 g/mol. The molecule has 7 atom stereocenters. The summed E-state index contributed by atoms with van der Waals surface area (Å²) in [5.74, 6) is -2.89. The van der Waals surface area contributed by atoms with E-state index in [0.29, 0.717) is 23.4 Å². The second kappa shape index (κ2) is 14.2. The van der Waals surface area contributed by atoms with Crippen molar-refractivity contribution in [3.63, 3.8) is 0 Å². The highest BCUT2D eigenvalue weighted by atomic mass is 32.2. The van der Waals surface area contributed by atoms with E-state index in [-0.39, 0.29) is 70.3 Å². The number of nitrogens with one attached hydrogen (secondary N) is 2. The first-order valence-electron chi connectivity index (χ1n) is 17.8. The van der Waals surface area contributed by atoms with E-state index in [1.165, 1.54) is 17.0 Å². The number of esters is 1. The van der Waals surface area contributed by atoms with E-state index in [1.54, 1.807) is 62.0 Å². The summed E-state index contributed by atoms with van der Waals surface area (Å²) in [4.78, 5) is 70.8. The summed E-state index contributed by atoms with van der Waals surface area (Å²) in [5.41, 5.74) is 0.599. The van der Waals surface area contributed by atoms with Crippen LogP contribution in [0.25, 0.3) is 0 Å². The average molecular weight is 794 g/mol. The van der Waals surface area contributed by atoms with Crippen molar-refractivity contribution in [2.45, 2.75) is 42.6 Å². The number of carbonyl (C=O) groups excluding carboxylic acids is 4. The van der Waals surface area contributed by atoms with Crippen LogP contribution >= 0.6 is 23.1 Å². The van der Waals surface area contributed by atoms with Crippen molar-refractivity contribution >= 4 is 58.2 Å². The van der Waals surface area contributed by atoms with Crippen LogP contribution in [0.3, 0.4) is 0 Å². The molecule has 3 amide bonds. The molecule has 2 N–H and O–H groups in total. The molecule has 8 rings (SSSR count). The van der Waals surface area contributed by atoms with Crippen LogP contribution in [0, 0.1) is 29.6 Å². The molecular formula is C39H34F3N3O8S2. The van der Waals surface area contributed by atoms with E-state index in [0.717, 1.165) is 38.9 Å². The lowest BCUT2D eigenvalue weighted by molar-refractivity contribution is -0.137. The van der Waals surface area contributed by atoms with Gasteiger partial charge in [-0.15, -0.1) is 11.8 Å². The molecule has 1 saturated heterocycles. The SMILES string of the molecule is CCOC(=O)c1ccc(N2C(=O)[C@H]3[C@H]4C[C@@H]([C@@H]3C2=O)[C@@H]2[C@H](c3ccc(OCC(=O)Nc5cccc(C(F)(F)F)c5)c(OCC)c3)c3sc(=O)[nH]c3S[C@H]42)cc1. The number of aromatic nitrogens is 1. The molecule has 2 saturated carbocycles. The lowest BCUT2D eigenvalue weighted by atomic mass is 9.68. The Kier molecular flexibility index (Phi) is 9.52. The maximum atomic E-state index is 14.2. The van der Waals surface area contributed by atoms with Crippen molar-refractivity contribution in [2.75, 3.05) is 30.0 Å². The Morgan fingerprint density at radius 3 is 2.36 bits per heavy atom. The Morgan fingerprint density at radius 1 is 0.909 bits per heavy atom. The van der Waals surface area contributed by atoms with Crippen LogP contribution in [0.15, 0.2) is 76.6 Å². The maximum Gasteiger partial charge on any atom is 0.416 e. The minimum absolute atomic E-state index is 0.0274. The molecule has 2 aliphatic carbocycles. The van der Waals surface area contributed by atoms with Crippen LogP contribution in [0.5, 0.6) is 11.5 Å². The number of ether oxygens (including phenoxy) is 3. The molecule has 2 bridgehead atoms. The minimum atomic E-state index is -4.57. The highest BCUT2D eigenvalue weighted by molar-refractivity contribution is 8.00. The van der Waals surface area contributed by atoms with Crippen molar-refractivity contribution in [1.82, 2.24) is 4.98 Å². The molecule has 4 aliphatic rings. The predicted molar refractivity (Wildman–Crippen MR) is 197 cm³/mol. The zero-order valence-electron chi connectivity index (χ0n) is 29.4. The molecule has 2 aliphatic heterocycles. The van der Waals surface area contributed by atoms with E-state index in [9.17, 15) is 37.1 Å². The zero-order chi connectivity index (χ0) is 38.8. The van der Waals surface area contributed by atoms with Crippen LogP contribution in [-0.4, -0.2) is 53.7 Å². The van der Waals surface area contributed by atoms with Gasteiger partial charge in [0.25, 0.3) is 5.91 Å². The van der Waals surface area contributed by atoms with Gasteiger partial charge in [0.1, 0.15) is 0 Å². The van der Waals surface area contributed by atoms with Gasteiger partial charge >= 0.3 is 17.0 Å². The van der Waals surface area contributed by atoms with Crippen molar-refractivity contribution in [2.24, 2.45) is 29.6 Å². The summed E-state index contributed by atoms with van der Waals surface area (Å²) >= 11 is 2.67. The largest absolute Gasteiger partial charge is 0.490 e. The van der Waals surface area contributed by atoms with Crippen molar-refractivity contribution in [3.8, 4) is 11.5 Å². The van der Waals surface area contributed by atoms with E-state index in [2.05, 4.69) is 10.3 Å². The van der Waals surface area contributed by atoms with Gasteiger partial charge in [0.15, 0.2) is 18.1 Å². The molecule has 286 valence electrons. The number of imide groups is 1. The van der Waals surface area contributed by atoms with Gasteiger partial charge in [-0.1, -0.05) is 23.5 Å². The molecule has 3 heterocycles. The third-order valence-electron chi connectivity index (χ3n) is 10.8. The molecule has 0 spiro atoms. The fourth-order valence-electron chi connectivity index (χ4n) is 8.82. The van der Waals surface area contributed by atoms with Crippen LogP contribution in [0.2, 0.25) is 0 Å². The van der Waals surface area contributed by atoms with Crippen molar-refractivity contribution in [3.05, 3.63) is 98.0 Å². The second-order valence-corrected chi connectivity index (χ2v) is 16.0.